The van der Waals surface area contributed by atoms with Crippen LogP contribution in [0.2, 0.25) is 10.0 Å². The minimum absolute atomic E-state index is 0.00998. The molecule has 3 aromatic rings. The van der Waals surface area contributed by atoms with Crippen LogP contribution in [0.25, 0.3) is 0 Å². The number of halogens is 2. The Bertz CT molecular complexity index is 1970. The van der Waals surface area contributed by atoms with Gasteiger partial charge in [0.1, 0.15) is 0 Å². The molecule has 1 amide bonds. The highest BCUT2D eigenvalue weighted by molar-refractivity contribution is 7.85. The first-order chi connectivity index (χ1) is 26.7. The lowest BCUT2D eigenvalue weighted by atomic mass is 9.79. The average molecular weight is 806 g/mol. The molecule has 4 aliphatic rings. The van der Waals surface area contributed by atoms with Gasteiger partial charge in [-0.1, -0.05) is 77.8 Å². The molecule has 0 saturated carbocycles. The van der Waals surface area contributed by atoms with Crippen molar-refractivity contribution in [3.8, 4) is 0 Å². The zero-order chi connectivity index (χ0) is 38.6. The third kappa shape index (κ3) is 8.42. The first kappa shape index (κ1) is 39.2. The van der Waals surface area contributed by atoms with Crippen molar-refractivity contribution in [3.63, 3.8) is 0 Å². The smallest absolute Gasteiger partial charge is 0.336 e. The quantitative estimate of drug-likeness (QED) is 0.231. The van der Waals surface area contributed by atoms with Crippen LogP contribution in [0.3, 0.4) is 0 Å². The van der Waals surface area contributed by atoms with Gasteiger partial charge in [0, 0.05) is 82.7 Å². The second kappa shape index (κ2) is 17.4. The van der Waals surface area contributed by atoms with E-state index in [9.17, 15) is 18.6 Å². The van der Waals surface area contributed by atoms with Gasteiger partial charge in [-0.25, -0.2) is 9.59 Å². The molecule has 55 heavy (non-hydrogen) atoms. The molecule has 3 aromatic carbocycles. The van der Waals surface area contributed by atoms with Gasteiger partial charge in [0.05, 0.1) is 54.3 Å². The maximum Gasteiger partial charge on any atom is 0.336 e. The topological polar surface area (TPSA) is 108 Å². The molecule has 3 saturated heterocycles. The minimum atomic E-state index is -1.62. The van der Waals surface area contributed by atoms with Gasteiger partial charge in [-0.3, -0.25) is 18.8 Å². The molecular weight excluding hydrogens is 759 g/mol. The molecule has 1 N–H and O–H groups in total. The number of methoxy groups -OCH3 is 2. The number of ether oxygens (including phenoxy) is 2. The summed E-state index contributed by atoms with van der Waals surface area (Å²) in [5.74, 6) is -3.03. The molecule has 7 rings (SSSR count). The zero-order valence-corrected chi connectivity index (χ0v) is 33.4. The minimum Gasteiger partial charge on any atom is -0.466 e. The van der Waals surface area contributed by atoms with E-state index < -0.39 is 28.7 Å². The molecule has 4 atom stereocenters. The van der Waals surface area contributed by atoms with Gasteiger partial charge in [0.25, 0.3) is 0 Å². The van der Waals surface area contributed by atoms with Crippen LogP contribution in [0, 0.1) is 0 Å². The first-order valence-electron chi connectivity index (χ1n) is 18.7. The number of carbonyl (C=O) groups excluding carboxylic acids is 3. The van der Waals surface area contributed by atoms with E-state index in [1.165, 1.54) is 32.6 Å². The lowest BCUT2D eigenvalue weighted by Gasteiger charge is -2.46. The lowest BCUT2D eigenvalue weighted by Crippen LogP contribution is -2.56. The molecule has 4 heterocycles. The normalized spacial score (nSPS) is 23.7. The Morgan fingerprint density at radius 3 is 1.89 bits per heavy atom. The number of rotatable bonds is 11. The highest BCUT2D eigenvalue weighted by Crippen LogP contribution is 2.46. The maximum atomic E-state index is 14.2. The molecule has 0 radical (unpaired) electrons. The summed E-state index contributed by atoms with van der Waals surface area (Å²) in [6.45, 7) is 3.61. The number of hydrogen-bond donors (Lipinski definition) is 1. The molecule has 2 bridgehead atoms. The molecule has 3 fully saturated rings. The summed E-state index contributed by atoms with van der Waals surface area (Å²) in [5.41, 5.74) is 2.13. The summed E-state index contributed by atoms with van der Waals surface area (Å²) < 4.78 is 24.3. The average Bonchev–Trinajstić information content (AvgIpc) is 3.42. The summed E-state index contributed by atoms with van der Waals surface area (Å²) in [7, 11) is 0.848. The SMILES string of the molecule is COC(=O)C1=C(CC(=O)N2CCN(C3CC4CCC(C3)N4Cc3ccccc3)CC2)NC(CS(=O)c2ccccc2)=C(C(=O)OC)[C@H]1c1c(Cl)cccc1Cl. The zero-order valence-electron chi connectivity index (χ0n) is 31.0. The molecule has 10 nitrogen and oxygen atoms in total. The number of carbonyl (C=O) groups is 3. The van der Waals surface area contributed by atoms with Crippen LogP contribution < -0.4 is 5.32 Å². The van der Waals surface area contributed by atoms with Crippen molar-refractivity contribution in [1.82, 2.24) is 20.0 Å². The summed E-state index contributed by atoms with van der Waals surface area (Å²) in [6, 6.07) is 26.0. The van der Waals surface area contributed by atoms with Crippen molar-refractivity contribution in [2.45, 2.75) is 67.6 Å². The molecule has 13 heteroatoms. The summed E-state index contributed by atoms with van der Waals surface area (Å²) in [5, 5.41) is 3.61. The van der Waals surface area contributed by atoms with Crippen molar-refractivity contribution >= 4 is 51.8 Å². The van der Waals surface area contributed by atoms with Crippen LogP contribution in [-0.2, 0) is 41.2 Å². The number of fused-ring (bicyclic) bond motifs is 2. The molecule has 3 unspecified atom stereocenters. The molecule has 0 spiro atoms. The fraction of sp³-hybridized carbons (Fsp3) is 0.405. The number of benzene rings is 3. The van der Waals surface area contributed by atoms with E-state index in [-0.39, 0.29) is 56.2 Å². The van der Waals surface area contributed by atoms with E-state index in [1.807, 2.05) is 11.0 Å². The Balaban J connectivity index is 1.12. The van der Waals surface area contributed by atoms with Crippen molar-refractivity contribution in [2.24, 2.45) is 0 Å². The number of nitrogens with one attached hydrogen (secondary N) is 1. The molecule has 0 aliphatic carbocycles. The Hall–Kier alpha value is -4.00. The van der Waals surface area contributed by atoms with E-state index in [4.69, 9.17) is 32.7 Å². The van der Waals surface area contributed by atoms with E-state index in [2.05, 4.69) is 45.4 Å². The molecular formula is C42H46Cl2N4O6S. The van der Waals surface area contributed by atoms with Crippen LogP contribution in [0.4, 0.5) is 0 Å². The van der Waals surface area contributed by atoms with Crippen molar-refractivity contribution in [2.75, 3.05) is 46.2 Å². The highest BCUT2D eigenvalue weighted by Gasteiger charge is 2.44. The van der Waals surface area contributed by atoms with E-state index >= 15 is 0 Å². The molecule has 290 valence electrons. The predicted molar refractivity (Wildman–Crippen MR) is 213 cm³/mol. The van der Waals surface area contributed by atoms with Gasteiger partial charge in [0.2, 0.25) is 5.91 Å². The number of amides is 1. The van der Waals surface area contributed by atoms with Crippen LogP contribution in [0.1, 0.15) is 49.1 Å². The maximum absolute atomic E-state index is 14.2. The van der Waals surface area contributed by atoms with Crippen LogP contribution in [0.15, 0.2) is 106 Å². The third-order valence-corrected chi connectivity index (χ3v) is 13.5. The number of nitrogens with zero attached hydrogens (tertiary/aromatic N) is 3. The monoisotopic (exact) mass is 804 g/mol. The Kier molecular flexibility index (Phi) is 12.4. The van der Waals surface area contributed by atoms with E-state index in [1.54, 1.807) is 42.5 Å². The summed E-state index contributed by atoms with van der Waals surface area (Å²) in [4.78, 5) is 49.3. The lowest BCUT2D eigenvalue weighted by molar-refractivity contribution is -0.137. The first-order valence-corrected chi connectivity index (χ1v) is 20.8. The molecule has 4 aliphatic heterocycles. The van der Waals surface area contributed by atoms with Gasteiger partial charge >= 0.3 is 11.9 Å². The number of piperidine rings is 1. The van der Waals surface area contributed by atoms with Gasteiger partial charge in [0.15, 0.2) is 0 Å². The Morgan fingerprint density at radius 1 is 0.745 bits per heavy atom. The standard InChI is InChI=1S/C42H46Cl2N4O6S/c1-53-41(50)38-34(24-36(49)47-20-18-46(19-21-47)30-22-28-16-17-29(23-30)48(28)25-27-10-5-3-6-11-27)45-35(26-55(52)31-12-7-4-8-13-31)39(42(51)54-2)40(38)37-32(43)14-9-15-33(37)44/h3-15,28-30,40,45H,16-26H2,1-2H3/t28?,29?,30?,40-,55?/m0/s1. The largest absolute Gasteiger partial charge is 0.466 e. The number of hydrogen-bond acceptors (Lipinski definition) is 9. The summed E-state index contributed by atoms with van der Waals surface area (Å²) in [6.07, 6.45) is 4.52. The third-order valence-electron chi connectivity index (χ3n) is 11.5. The second-order valence-corrected chi connectivity index (χ2v) is 16.8. The van der Waals surface area contributed by atoms with Gasteiger partial charge in [-0.05, 0) is 55.5 Å². The summed E-state index contributed by atoms with van der Waals surface area (Å²) >= 11 is 13.5. The highest BCUT2D eigenvalue weighted by atomic mass is 35.5. The Labute approximate surface area is 334 Å². The number of piperazine rings is 1. The van der Waals surface area contributed by atoms with Gasteiger partial charge < -0.3 is 19.7 Å². The fourth-order valence-electron chi connectivity index (χ4n) is 8.82. The number of dihydropyridines is 1. The number of esters is 2. The second-order valence-electron chi connectivity index (χ2n) is 14.5. The van der Waals surface area contributed by atoms with Crippen LogP contribution in [0.5, 0.6) is 0 Å². The Morgan fingerprint density at radius 2 is 1.31 bits per heavy atom. The van der Waals surface area contributed by atoms with Gasteiger partial charge in [-0.15, -0.1) is 0 Å². The van der Waals surface area contributed by atoms with Crippen LogP contribution >= 0.6 is 23.2 Å². The van der Waals surface area contributed by atoms with Crippen molar-refractivity contribution in [1.29, 1.82) is 0 Å². The van der Waals surface area contributed by atoms with Crippen molar-refractivity contribution < 1.29 is 28.1 Å². The predicted octanol–water partition coefficient (Wildman–Crippen LogP) is 6.07. The van der Waals surface area contributed by atoms with E-state index in [0.29, 0.717) is 36.1 Å². The molecule has 0 aromatic heterocycles. The van der Waals surface area contributed by atoms with E-state index in [0.717, 1.165) is 32.5 Å². The van der Waals surface area contributed by atoms with Gasteiger partial charge in [-0.2, -0.15) is 0 Å². The van der Waals surface area contributed by atoms with Crippen molar-refractivity contribution in [3.05, 3.63) is 123 Å². The fourth-order valence-corrected chi connectivity index (χ4v) is 10.6. The van der Waals surface area contributed by atoms with Crippen LogP contribution in [-0.4, -0.2) is 101 Å².